The van der Waals surface area contributed by atoms with E-state index in [9.17, 15) is 14.4 Å². The molecule has 182 valence electrons. The first-order valence-electron chi connectivity index (χ1n) is 10.8. The molecule has 4 aromatic rings. The largest absolute Gasteiger partial charge is 0.493 e. The maximum Gasteiger partial charge on any atom is 0.331 e. The van der Waals surface area contributed by atoms with Gasteiger partial charge in [-0.15, -0.1) is 11.3 Å². The third-order valence-electron chi connectivity index (χ3n) is 5.54. The van der Waals surface area contributed by atoms with Gasteiger partial charge in [0.1, 0.15) is 6.54 Å². The second-order valence-corrected chi connectivity index (χ2v) is 8.67. The molecule has 0 aliphatic carbocycles. The predicted molar refractivity (Wildman–Crippen MR) is 135 cm³/mol. The highest BCUT2D eigenvalue weighted by Crippen LogP contribution is 2.39. The van der Waals surface area contributed by atoms with Crippen molar-refractivity contribution in [2.75, 3.05) is 26.6 Å². The van der Waals surface area contributed by atoms with Gasteiger partial charge in [-0.1, -0.05) is 18.2 Å². The maximum atomic E-state index is 13.3. The van der Waals surface area contributed by atoms with Crippen LogP contribution in [0, 0.1) is 0 Å². The highest BCUT2D eigenvalue weighted by molar-refractivity contribution is 7.09. The van der Waals surface area contributed by atoms with Crippen LogP contribution in [0.2, 0.25) is 0 Å². The summed E-state index contributed by atoms with van der Waals surface area (Å²) in [7, 11) is 4.45. The Kier molecular flexibility index (Phi) is 7.21. The molecule has 0 saturated heterocycles. The van der Waals surface area contributed by atoms with Crippen LogP contribution in [0.3, 0.4) is 0 Å². The number of benzene rings is 2. The Morgan fingerprint density at radius 1 is 0.943 bits per heavy atom. The summed E-state index contributed by atoms with van der Waals surface area (Å²) in [6.07, 6.45) is 0.544. The number of rotatable bonds is 9. The smallest absolute Gasteiger partial charge is 0.331 e. The second kappa shape index (κ2) is 10.5. The molecule has 0 saturated carbocycles. The van der Waals surface area contributed by atoms with E-state index in [-0.39, 0.29) is 18.6 Å². The van der Waals surface area contributed by atoms with Gasteiger partial charge in [0, 0.05) is 29.2 Å². The lowest BCUT2D eigenvalue weighted by atomic mass is 10.2. The van der Waals surface area contributed by atoms with Gasteiger partial charge in [0.05, 0.1) is 32.2 Å². The highest BCUT2D eigenvalue weighted by atomic mass is 32.1. The Hall–Kier alpha value is -4.05. The molecule has 2 aromatic heterocycles. The number of nitrogens with zero attached hydrogens (tertiary/aromatic N) is 2. The van der Waals surface area contributed by atoms with Crippen LogP contribution >= 0.6 is 11.3 Å². The zero-order valence-corrected chi connectivity index (χ0v) is 20.4. The van der Waals surface area contributed by atoms with Gasteiger partial charge >= 0.3 is 5.69 Å². The van der Waals surface area contributed by atoms with Crippen LogP contribution in [-0.4, -0.2) is 36.4 Å². The molecule has 0 radical (unpaired) electrons. The first kappa shape index (κ1) is 24.1. The summed E-state index contributed by atoms with van der Waals surface area (Å²) in [6, 6.07) is 13.9. The minimum absolute atomic E-state index is 0.220. The van der Waals surface area contributed by atoms with E-state index >= 15 is 0 Å². The normalized spacial score (nSPS) is 10.8. The topological polar surface area (TPSA) is 101 Å². The Labute approximate surface area is 205 Å². The van der Waals surface area contributed by atoms with E-state index in [1.807, 2.05) is 17.5 Å². The number of ether oxygens (including phenoxy) is 3. The molecule has 0 aliphatic rings. The van der Waals surface area contributed by atoms with E-state index in [2.05, 4.69) is 5.32 Å². The minimum atomic E-state index is -0.537. The SMILES string of the molecule is COc1cc(NC(=O)Cn2c(=O)n(CCc3cccs3)c(=O)c3ccccc32)cc(OC)c1OC. The number of anilines is 1. The molecule has 35 heavy (non-hydrogen) atoms. The van der Waals surface area contributed by atoms with Gasteiger partial charge in [0.25, 0.3) is 5.56 Å². The van der Waals surface area contributed by atoms with Crippen LogP contribution in [0.5, 0.6) is 17.2 Å². The fourth-order valence-electron chi connectivity index (χ4n) is 3.90. The number of aryl methyl sites for hydroxylation is 1. The molecular formula is C25H25N3O6S. The molecule has 10 heteroatoms. The Bertz CT molecular complexity index is 1450. The summed E-state index contributed by atoms with van der Waals surface area (Å²) < 4.78 is 18.5. The number of aromatic nitrogens is 2. The molecule has 0 spiro atoms. The first-order valence-corrected chi connectivity index (χ1v) is 11.7. The number of thiophene rings is 1. The third-order valence-corrected chi connectivity index (χ3v) is 6.48. The number of fused-ring (bicyclic) bond motifs is 1. The molecule has 9 nitrogen and oxygen atoms in total. The van der Waals surface area contributed by atoms with Gasteiger partial charge in [-0.2, -0.15) is 0 Å². The molecule has 2 heterocycles. The Balaban J connectivity index is 1.68. The zero-order valence-electron chi connectivity index (χ0n) is 19.6. The number of hydrogen-bond acceptors (Lipinski definition) is 7. The second-order valence-electron chi connectivity index (χ2n) is 7.63. The van der Waals surface area contributed by atoms with Crippen molar-refractivity contribution in [3.63, 3.8) is 0 Å². The van der Waals surface area contributed by atoms with Gasteiger partial charge < -0.3 is 19.5 Å². The van der Waals surface area contributed by atoms with Crippen molar-refractivity contribution < 1.29 is 19.0 Å². The predicted octanol–water partition coefficient (Wildman–Crippen LogP) is 3.13. The van der Waals surface area contributed by atoms with Crippen molar-refractivity contribution in [3.8, 4) is 17.2 Å². The number of para-hydroxylation sites is 1. The van der Waals surface area contributed by atoms with E-state index < -0.39 is 11.6 Å². The molecule has 2 aromatic carbocycles. The summed E-state index contributed by atoms with van der Waals surface area (Å²) in [5, 5.41) is 5.09. The lowest BCUT2D eigenvalue weighted by molar-refractivity contribution is -0.116. The Morgan fingerprint density at radius 3 is 2.29 bits per heavy atom. The third kappa shape index (κ3) is 4.92. The van der Waals surface area contributed by atoms with E-state index in [1.165, 1.54) is 30.5 Å². The van der Waals surface area contributed by atoms with Crippen LogP contribution in [0.1, 0.15) is 4.88 Å². The summed E-state index contributed by atoms with van der Waals surface area (Å²) in [4.78, 5) is 40.4. The van der Waals surface area contributed by atoms with Crippen LogP contribution in [0.15, 0.2) is 63.5 Å². The number of carbonyl (C=O) groups excluding carboxylic acids is 1. The van der Waals surface area contributed by atoms with E-state index in [0.717, 1.165) is 4.88 Å². The van der Waals surface area contributed by atoms with Gasteiger partial charge in [-0.3, -0.25) is 18.7 Å². The van der Waals surface area contributed by atoms with Crippen LogP contribution in [0.25, 0.3) is 10.9 Å². The van der Waals surface area contributed by atoms with Crippen molar-refractivity contribution in [1.29, 1.82) is 0 Å². The van der Waals surface area contributed by atoms with Crippen molar-refractivity contribution in [3.05, 3.63) is 79.6 Å². The maximum absolute atomic E-state index is 13.3. The number of amides is 1. The van der Waals surface area contributed by atoms with Crippen LogP contribution in [0.4, 0.5) is 5.69 Å². The molecule has 4 rings (SSSR count). The average Bonchev–Trinajstić information content (AvgIpc) is 3.39. The van der Waals surface area contributed by atoms with Crippen molar-refractivity contribution in [2.24, 2.45) is 0 Å². The molecule has 0 unspecified atom stereocenters. The van der Waals surface area contributed by atoms with E-state index in [0.29, 0.717) is 40.3 Å². The van der Waals surface area contributed by atoms with Crippen LogP contribution in [-0.2, 0) is 24.3 Å². The summed E-state index contributed by atoms with van der Waals surface area (Å²) in [5.74, 6) is 0.710. The number of carbonyl (C=O) groups is 1. The molecule has 1 N–H and O–H groups in total. The highest BCUT2D eigenvalue weighted by Gasteiger charge is 2.18. The zero-order chi connectivity index (χ0) is 24.9. The molecular weight excluding hydrogens is 470 g/mol. The van der Waals surface area contributed by atoms with Crippen molar-refractivity contribution in [2.45, 2.75) is 19.5 Å². The lowest BCUT2D eigenvalue weighted by Gasteiger charge is -2.16. The van der Waals surface area contributed by atoms with Gasteiger partial charge in [0.15, 0.2) is 11.5 Å². The lowest BCUT2D eigenvalue weighted by Crippen LogP contribution is -2.42. The van der Waals surface area contributed by atoms with Gasteiger partial charge in [0.2, 0.25) is 11.7 Å². The molecule has 0 atom stereocenters. The Morgan fingerprint density at radius 2 is 1.66 bits per heavy atom. The van der Waals surface area contributed by atoms with Gasteiger partial charge in [-0.25, -0.2) is 4.79 Å². The first-order chi connectivity index (χ1) is 17.0. The standard InChI is InChI=1S/C25H25N3O6S/c1-32-20-13-16(14-21(33-2)23(20)34-3)26-22(29)15-28-19-9-5-4-8-18(19)24(30)27(25(28)31)11-10-17-7-6-12-35-17/h4-9,12-14H,10-11,15H2,1-3H3,(H,26,29). The monoisotopic (exact) mass is 495 g/mol. The molecule has 0 aliphatic heterocycles. The van der Waals surface area contributed by atoms with E-state index in [4.69, 9.17) is 14.2 Å². The summed E-state index contributed by atoms with van der Waals surface area (Å²) >= 11 is 1.56. The molecule has 0 bridgehead atoms. The van der Waals surface area contributed by atoms with Crippen LogP contribution < -0.4 is 30.8 Å². The fourth-order valence-corrected chi connectivity index (χ4v) is 4.59. The number of hydrogen-bond donors (Lipinski definition) is 1. The minimum Gasteiger partial charge on any atom is -0.493 e. The number of methoxy groups -OCH3 is 3. The quantitative estimate of drug-likeness (QED) is 0.383. The summed E-state index contributed by atoms with van der Waals surface area (Å²) in [6.45, 7) is -0.0627. The number of nitrogens with one attached hydrogen (secondary N) is 1. The van der Waals surface area contributed by atoms with Gasteiger partial charge in [-0.05, 0) is 30.0 Å². The molecule has 0 fully saturated rings. The van der Waals surface area contributed by atoms with E-state index in [1.54, 1.807) is 47.7 Å². The summed E-state index contributed by atoms with van der Waals surface area (Å²) in [5.41, 5.74) is -0.100. The fraction of sp³-hybridized carbons (Fsp3) is 0.240. The molecule has 1 amide bonds. The average molecular weight is 496 g/mol. The van der Waals surface area contributed by atoms with Crippen molar-refractivity contribution >= 4 is 33.8 Å². The van der Waals surface area contributed by atoms with Crippen molar-refractivity contribution in [1.82, 2.24) is 9.13 Å².